The average Bonchev–Trinajstić information content (AvgIpc) is 2.04. The molecule has 1 aromatic rings. The van der Waals surface area contributed by atoms with Gasteiger partial charge in [0, 0.05) is 3.57 Å². The van der Waals surface area contributed by atoms with E-state index in [4.69, 9.17) is 11.0 Å². The fourth-order valence-electron chi connectivity index (χ4n) is 0.845. The molecule has 13 heavy (non-hydrogen) atoms. The fraction of sp³-hybridized carbons (Fsp3) is 0. The minimum atomic E-state index is -0.666. The Kier molecular flexibility index (Phi) is 2.83. The Morgan fingerprint density at radius 1 is 1.62 bits per heavy atom. The molecule has 0 fully saturated rings. The van der Waals surface area contributed by atoms with Crippen molar-refractivity contribution < 1.29 is 9.18 Å². The first-order valence-electron chi connectivity index (χ1n) is 3.26. The smallest absolute Gasteiger partial charge is 0.249 e. The van der Waals surface area contributed by atoms with Crippen LogP contribution in [0.5, 0.6) is 0 Å². The van der Waals surface area contributed by atoms with Crippen LogP contribution >= 0.6 is 22.6 Å². The molecule has 0 aliphatic heterocycles. The van der Waals surface area contributed by atoms with Gasteiger partial charge in [-0.15, -0.1) is 0 Å². The topological polar surface area (TPSA) is 66.9 Å². The first-order chi connectivity index (χ1) is 6.07. The summed E-state index contributed by atoms with van der Waals surface area (Å²) in [6.07, 6.45) is 0. The average molecular weight is 290 g/mol. The Balaban J connectivity index is 3.47. The summed E-state index contributed by atoms with van der Waals surface area (Å²) < 4.78 is 13.2. The maximum atomic E-state index is 12.9. The van der Waals surface area contributed by atoms with E-state index in [1.807, 2.05) is 0 Å². The lowest BCUT2D eigenvalue weighted by Gasteiger charge is -2.01. The molecule has 0 radical (unpaired) electrons. The lowest BCUT2D eigenvalue weighted by molar-refractivity contribution is 0.0999. The molecule has 0 aliphatic rings. The number of amides is 1. The molecule has 5 heteroatoms. The zero-order chi connectivity index (χ0) is 10.0. The monoisotopic (exact) mass is 290 g/mol. The summed E-state index contributed by atoms with van der Waals surface area (Å²) in [5.41, 5.74) is 5.04. The molecule has 66 valence electrons. The highest BCUT2D eigenvalue weighted by atomic mass is 127. The van der Waals surface area contributed by atoms with Crippen LogP contribution in [0.3, 0.4) is 0 Å². The van der Waals surface area contributed by atoms with Gasteiger partial charge in [0.25, 0.3) is 0 Å². The van der Waals surface area contributed by atoms with Crippen LogP contribution in [-0.4, -0.2) is 5.91 Å². The molecule has 1 rings (SSSR count). The molecular formula is C8H4FIN2O. The Hall–Kier alpha value is -1.16. The highest BCUT2D eigenvalue weighted by molar-refractivity contribution is 14.1. The Morgan fingerprint density at radius 3 is 2.69 bits per heavy atom. The molecule has 0 heterocycles. The van der Waals surface area contributed by atoms with E-state index >= 15 is 0 Å². The predicted molar refractivity (Wildman–Crippen MR) is 52.3 cm³/mol. The van der Waals surface area contributed by atoms with Crippen molar-refractivity contribution in [2.45, 2.75) is 0 Å². The molecule has 1 aromatic carbocycles. The Morgan fingerprint density at radius 2 is 2.23 bits per heavy atom. The number of benzene rings is 1. The highest BCUT2D eigenvalue weighted by Crippen LogP contribution is 2.19. The first kappa shape index (κ1) is 9.92. The van der Waals surface area contributed by atoms with Crippen molar-refractivity contribution >= 4 is 28.5 Å². The third kappa shape index (κ3) is 1.78. The van der Waals surface area contributed by atoms with Gasteiger partial charge in [0.15, 0.2) is 0 Å². The van der Waals surface area contributed by atoms with Gasteiger partial charge in [-0.2, -0.15) is 5.26 Å². The number of nitrogens with zero attached hydrogens (tertiary/aromatic N) is 1. The molecular weight excluding hydrogens is 286 g/mol. The van der Waals surface area contributed by atoms with E-state index in [2.05, 4.69) is 0 Å². The van der Waals surface area contributed by atoms with Crippen molar-refractivity contribution in [2.75, 3.05) is 0 Å². The second kappa shape index (κ2) is 3.70. The summed E-state index contributed by atoms with van der Waals surface area (Å²) in [6, 6.07) is 3.99. The third-order valence-electron chi connectivity index (χ3n) is 1.47. The summed E-state index contributed by atoms with van der Waals surface area (Å²) in [5, 5.41) is 8.56. The molecule has 0 bridgehead atoms. The molecule has 0 spiro atoms. The number of nitriles is 1. The van der Waals surface area contributed by atoms with E-state index in [-0.39, 0.29) is 14.7 Å². The Bertz CT molecular complexity index is 411. The highest BCUT2D eigenvalue weighted by Gasteiger charge is 2.13. The number of carbonyl (C=O) groups is 1. The van der Waals surface area contributed by atoms with E-state index in [9.17, 15) is 9.18 Å². The standard InChI is InChI=1S/C8H4FIN2O/c9-6-2-1-4(8(12)13)7(10)5(6)3-11/h1-2H,(H2,12,13). The number of carbonyl (C=O) groups excluding carboxylic acids is 1. The summed E-state index contributed by atoms with van der Waals surface area (Å²) in [7, 11) is 0. The largest absolute Gasteiger partial charge is 0.366 e. The van der Waals surface area contributed by atoms with Gasteiger partial charge >= 0.3 is 0 Å². The molecule has 0 saturated carbocycles. The number of hydrogen-bond acceptors (Lipinski definition) is 2. The van der Waals surface area contributed by atoms with E-state index in [1.165, 1.54) is 6.07 Å². The second-order valence-electron chi connectivity index (χ2n) is 2.26. The summed E-state index contributed by atoms with van der Waals surface area (Å²) >= 11 is 1.72. The molecule has 0 saturated heterocycles. The van der Waals surface area contributed by atoms with Gasteiger partial charge in [-0.05, 0) is 34.7 Å². The van der Waals surface area contributed by atoms with Crippen LogP contribution in [-0.2, 0) is 0 Å². The zero-order valence-electron chi connectivity index (χ0n) is 6.34. The van der Waals surface area contributed by atoms with Gasteiger partial charge in [-0.3, -0.25) is 4.79 Å². The maximum Gasteiger partial charge on any atom is 0.249 e. The van der Waals surface area contributed by atoms with Crippen LogP contribution in [0.2, 0.25) is 0 Å². The predicted octanol–water partition coefficient (Wildman–Crippen LogP) is 1.40. The number of halogens is 2. The van der Waals surface area contributed by atoms with Gasteiger partial charge in [-0.1, -0.05) is 0 Å². The van der Waals surface area contributed by atoms with Gasteiger partial charge in [0.2, 0.25) is 5.91 Å². The molecule has 0 unspecified atom stereocenters. The van der Waals surface area contributed by atoms with Crippen LogP contribution in [0.4, 0.5) is 4.39 Å². The van der Waals surface area contributed by atoms with Crippen molar-refractivity contribution in [2.24, 2.45) is 5.73 Å². The number of hydrogen-bond donors (Lipinski definition) is 1. The van der Waals surface area contributed by atoms with Gasteiger partial charge < -0.3 is 5.73 Å². The summed E-state index contributed by atoms with van der Waals surface area (Å²) in [4.78, 5) is 10.8. The Labute approximate surface area is 87.5 Å². The first-order valence-corrected chi connectivity index (χ1v) is 4.33. The lowest BCUT2D eigenvalue weighted by atomic mass is 10.1. The van der Waals surface area contributed by atoms with E-state index in [0.717, 1.165) is 6.07 Å². The van der Waals surface area contributed by atoms with Gasteiger partial charge in [0.05, 0.1) is 5.56 Å². The van der Waals surface area contributed by atoms with Crippen LogP contribution in [0, 0.1) is 20.7 Å². The fourth-order valence-corrected chi connectivity index (χ4v) is 1.67. The maximum absolute atomic E-state index is 12.9. The quantitative estimate of drug-likeness (QED) is 0.794. The van der Waals surface area contributed by atoms with Crippen LogP contribution in [0.25, 0.3) is 0 Å². The molecule has 0 atom stereocenters. The van der Waals surface area contributed by atoms with E-state index < -0.39 is 11.7 Å². The van der Waals surface area contributed by atoms with Crippen molar-refractivity contribution in [3.63, 3.8) is 0 Å². The van der Waals surface area contributed by atoms with E-state index in [0.29, 0.717) is 0 Å². The summed E-state index contributed by atoms with van der Waals surface area (Å²) in [5.74, 6) is -1.31. The van der Waals surface area contributed by atoms with Crippen LogP contribution in [0.1, 0.15) is 15.9 Å². The number of primary amides is 1. The second-order valence-corrected chi connectivity index (χ2v) is 3.34. The van der Waals surface area contributed by atoms with Crippen molar-refractivity contribution in [1.82, 2.24) is 0 Å². The summed E-state index contributed by atoms with van der Waals surface area (Å²) in [6.45, 7) is 0. The van der Waals surface area contributed by atoms with Crippen LogP contribution in [0.15, 0.2) is 12.1 Å². The van der Waals surface area contributed by atoms with Crippen LogP contribution < -0.4 is 5.73 Å². The molecule has 0 aromatic heterocycles. The van der Waals surface area contributed by atoms with Crippen molar-refractivity contribution in [1.29, 1.82) is 5.26 Å². The minimum absolute atomic E-state index is 0.142. The van der Waals surface area contributed by atoms with Gasteiger partial charge in [0.1, 0.15) is 17.4 Å². The molecule has 0 aliphatic carbocycles. The molecule has 1 amide bonds. The van der Waals surface area contributed by atoms with Gasteiger partial charge in [-0.25, -0.2) is 4.39 Å². The van der Waals surface area contributed by atoms with Crippen molar-refractivity contribution in [3.8, 4) is 6.07 Å². The molecule has 3 nitrogen and oxygen atoms in total. The minimum Gasteiger partial charge on any atom is -0.366 e. The van der Waals surface area contributed by atoms with Crippen molar-refractivity contribution in [3.05, 3.63) is 32.6 Å². The number of rotatable bonds is 1. The SMILES string of the molecule is N#Cc1c(F)ccc(C(N)=O)c1I. The van der Waals surface area contributed by atoms with E-state index in [1.54, 1.807) is 28.7 Å². The molecule has 2 N–H and O–H groups in total. The lowest BCUT2D eigenvalue weighted by Crippen LogP contribution is -2.13. The third-order valence-corrected chi connectivity index (χ3v) is 2.59. The zero-order valence-corrected chi connectivity index (χ0v) is 8.50. The number of nitrogens with two attached hydrogens (primary N) is 1. The normalized spacial score (nSPS) is 9.31.